The van der Waals surface area contributed by atoms with Crippen molar-refractivity contribution in [2.24, 2.45) is 0 Å². The Bertz CT molecular complexity index is 1700. The van der Waals surface area contributed by atoms with E-state index in [1.807, 2.05) is 0 Å². The van der Waals surface area contributed by atoms with Crippen LogP contribution in [0, 0.1) is 0 Å². The van der Waals surface area contributed by atoms with Gasteiger partial charge >= 0.3 is 17.9 Å². The number of allylic oxidation sites excluding steroid dienone is 20. The van der Waals surface area contributed by atoms with E-state index in [-0.39, 0.29) is 31.1 Å². The van der Waals surface area contributed by atoms with Gasteiger partial charge in [-0.15, -0.1) is 0 Å². The minimum atomic E-state index is -0.798. The maximum Gasteiger partial charge on any atom is 0.306 e. The molecule has 0 amide bonds. The fraction of sp³-hybridized carbons (Fsp3) is 0.701. The van der Waals surface area contributed by atoms with Crippen molar-refractivity contribution >= 4 is 17.9 Å². The van der Waals surface area contributed by atoms with Crippen molar-refractivity contribution in [1.82, 2.24) is 0 Å². The van der Waals surface area contributed by atoms with Gasteiger partial charge in [-0.2, -0.15) is 0 Å². The molecule has 0 radical (unpaired) electrons. The summed E-state index contributed by atoms with van der Waals surface area (Å²) in [6.45, 7) is 6.40. The molecule has 474 valence electrons. The first-order valence-corrected chi connectivity index (χ1v) is 35.0. The summed E-state index contributed by atoms with van der Waals surface area (Å²) in [5.41, 5.74) is 0. The van der Waals surface area contributed by atoms with Crippen molar-refractivity contribution in [1.29, 1.82) is 0 Å². The monoisotopic (exact) mass is 1150 g/mol. The van der Waals surface area contributed by atoms with E-state index in [2.05, 4.69) is 142 Å². The number of hydrogen-bond acceptors (Lipinski definition) is 6. The lowest BCUT2D eigenvalue weighted by Crippen LogP contribution is -2.30. The first kappa shape index (κ1) is 78.8. The van der Waals surface area contributed by atoms with E-state index >= 15 is 0 Å². The smallest absolute Gasteiger partial charge is 0.306 e. The van der Waals surface area contributed by atoms with Crippen molar-refractivity contribution in [3.8, 4) is 0 Å². The van der Waals surface area contributed by atoms with E-state index in [1.54, 1.807) is 0 Å². The highest BCUT2D eigenvalue weighted by Gasteiger charge is 2.19. The van der Waals surface area contributed by atoms with E-state index in [9.17, 15) is 14.4 Å². The number of rotatable bonds is 63. The number of unbranched alkanes of at least 4 members (excludes halogenated alkanes) is 32. The molecule has 0 aliphatic carbocycles. The predicted molar refractivity (Wildman–Crippen MR) is 362 cm³/mol. The molecule has 1 atom stereocenters. The molecule has 0 fully saturated rings. The summed E-state index contributed by atoms with van der Waals surface area (Å²) in [6, 6.07) is 0. The number of carbonyl (C=O) groups excluding carboxylic acids is 3. The molecular weight excluding hydrogens is 1020 g/mol. The van der Waals surface area contributed by atoms with E-state index in [4.69, 9.17) is 14.2 Å². The van der Waals surface area contributed by atoms with Gasteiger partial charge in [-0.05, 0) is 128 Å². The predicted octanol–water partition coefficient (Wildman–Crippen LogP) is 24.3. The van der Waals surface area contributed by atoms with Gasteiger partial charge in [-0.25, -0.2) is 0 Å². The second-order valence-corrected chi connectivity index (χ2v) is 23.0. The zero-order chi connectivity index (χ0) is 59.9. The average molecular weight is 1150 g/mol. The Hall–Kier alpha value is -4.19. The van der Waals surface area contributed by atoms with Gasteiger partial charge in [-0.1, -0.05) is 303 Å². The minimum absolute atomic E-state index is 0.0905. The van der Waals surface area contributed by atoms with E-state index in [0.29, 0.717) is 19.3 Å². The lowest BCUT2D eigenvalue weighted by Gasteiger charge is -2.18. The van der Waals surface area contributed by atoms with Crippen LogP contribution < -0.4 is 0 Å². The average Bonchev–Trinajstić information content (AvgIpc) is 3.49. The Labute approximate surface area is 513 Å². The molecule has 0 aliphatic heterocycles. The molecule has 1 unspecified atom stereocenters. The standard InChI is InChI=1S/C77H130O6/c1-4-7-10-13-16-19-22-25-27-29-31-33-35-37-38-40-41-43-45-47-49-52-55-58-61-64-67-70-76(79)82-73-74(72-81-75(78)69-66-63-60-57-54-51-24-21-18-15-12-9-6-3)83-77(80)71-68-65-62-59-56-53-50-48-46-44-42-39-36-34-32-30-28-26-23-20-17-14-11-8-5-2/h8-9,11-12,17-18,20-22,25-26,28-29,31-32,34,39,42,51,54,74H,4-7,10,13-16,19,23-24,27,30,33,35-38,40-41,43-50,52-53,55-73H2,1-3H3/b11-8-,12-9-,20-17-,21-18-,25-22-,28-26-,31-29-,34-32-,42-39-,54-51-. The maximum absolute atomic E-state index is 13.0. The highest BCUT2D eigenvalue weighted by molar-refractivity contribution is 5.71. The Kier molecular flexibility index (Phi) is 66.7. The molecule has 0 spiro atoms. The summed E-state index contributed by atoms with van der Waals surface area (Å²) >= 11 is 0. The van der Waals surface area contributed by atoms with Crippen LogP contribution in [0.25, 0.3) is 0 Å². The molecule has 0 saturated carbocycles. The van der Waals surface area contributed by atoms with Gasteiger partial charge in [0.2, 0.25) is 0 Å². The molecule has 0 aliphatic rings. The fourth-order valence-corrected chi connectivity index (χ4v) is 9.75. The summed E-state index contributed by atoms with van der Waals surface area (Å²) in [4.78, 5) is 38.4. The fourth-order valence-electron chi connectivity index (χ4n) is 9.75. The lowest BCUT2D eigenvalue weighted by atomic mass is 10.0. The SMILES string of the molecule is CC/C=C\C/C=C\C/C=C\C/C=C\C/C=C\CCCCCCCCCCCC(=O)OC(COC(=O)CCCCC/C=C\C/C=C\C/C=C\CC)COC(=O)CCCCCCCCCCCCCCCCC/C=C\C/C=C\CCCCCCC. The van der Waals surface area contributed by atoms with E-state index in [1.165, 1.54) is 161 Å². The van der Waals surface area contributed by atoms with Gasteiger partial charge in [0.15, 0.2) is 6.10 Å². The molecule has 83 heavy (non-hydrogen) atoms. The van der Waals surface area contributed by atoms with Crippen LogP contribution in [0.2, 0.25) is 0 Å². The Morgan fingerprint density at radius 3 is 0.747 bits per heavy atom. The second kappa shape index (κ2) is 70.3. The molecule has 0 N–H and O–H groups in total. The third-order valence-electron chi connectivity index (χ3n) is 14.9. The van der Waals surface area contributed by atoms with Crippen LogP contribution >= 0.6 is 0 Å². The van der Waals surface area contributed by atoms with Crippen LogP contribution in [-0.4, -0.2) is 37.2 Å². The van der Waals surface area contributed by atoms with Crippen LogP contribution in [0.4, 0.5) is 0 Å². The Morgan fingerprint density at radius 2 is 0.470 bits per heavy atom. The summed E-state index contributed by atoms with van der Waals surface area (Å²) in [7, 11) is 0. The number of carbonyl (C=O) groups is 3. The Morgan fingerprint density at radius 1 is 0.253 bits per heavy atom. The quantitative estimate of drug-likeness (QED) is 0.0261. The number of ether oxygens (including phenoxy) is 3. The molecule has 0 saturated heterocycles. The molecule has 0 bridgehead atoms. The molecule has 0 aromatic carbocycles. The summed E-state index contributed by atoms with van der Waals surface area (Å²) in [5.74, 6) is -0.918. The Balaban J connectivity index is 4.30. The van der Waals surface area contributed by atoms with Crippen molar-refractivity contribution in [2.75, 3.05) is 13.2 Å². The van der Waals surface area contributed by atoms with Crippen LogP contribution in [0.3, 0.4) is 0 Å². The van der Waals surface area contributed by atoms with Gasteiger partial charge in [0.1, 0.15) is 13.2 Å². The van der Waals surface area contributed by atoms with Crippen LogP contribution in [0.1, 0.15) is 329 Å². The number of hydrogen-bond donors (Lipinski definition) is 0. The van der Waals surface area contributed by atoms with Gasteiger partial charge in [0.05, 0.1) is 0 Å². The van der Waals surface area contributed by atoms with Crippen LogP contribution in [0.15, 0.2) is 122 Å². The van der Waals surface area contributed by atoms with Gasteiger partial charge in [0.25, 0.3) is 0 Å². The highest BCUT2D eigenvalue weighted by Crippen LogP contribution is 2.17. The normalized spacial score (nSPS) is 12.9. The van der Waals surface area contributed by atoms with Gasteiger partial charge in [-0.3, -0.25) is 14.4 Å². The summed E-state index contributed by atoms with van der Waals surface area (Å²) in [5, 5.41) is 0. The topological polar surface area (TPSA) is 78.9 Å². The van der Waals surface area contributed by atoms with Crippen LogP contribution in [0.5, 0.6) is 0 Å². The molecule has 0 rings (SSSR count). The molecular formula is C77H130O6. The maximum atomic E-state index is 13.0. The zero-order valence-corrected chi connectivity index (χ0v) is 54.4. The number of esters is 3. The highest BCUT2D eigenvalue weighted by atomic mass is 16.6. The summed E-state index contributed by atoms with van der Waals surface area (Å²) < 4.78 is 16.9. The van der Waals surface area contributed by atoms with Crippen molar-refractivity contribution < 1.29 is 28.6 Å². The van der Waals surface area contributed by atoms with Crippen molar-refractivity contribution in [2.45, 2.75) is 335 Å². The first-order valence-electron chi connectivity index (χ1n) is 35.0. The third kappa shape index (κ3) is 68.5. The lowest BCUT2D eigenvalue weighted by molar-refractivity contribution is -0.167. The van der Waals surface area contributed by atoms with Gasteiger partial charge in [0, 0.05) is 19.3 Å². The molecule has 6 heteroatoms. The van der Waals surface area contributed by atoms with Crippen LogP contribution in [-0.2, 0) is 28.6 Å². The summed E-state index contributed by atoms with van der Waals surface area (Å²) in [6.07, 6.45) is 98.0. The minimum Gasteiger partial charge on any atom is -0.462 e. The van der Waals surface area contributed by atoms with E-state index in [0.717, 1.165) is 128 Å². The van der Waals surface area contributed by atoms with Crippen molar-refractivity contribution in [3.05, 3.63) is 122 Å². The van der Waals surface area contributed by atoms with E-state index < -0.39 is 6.10 Å². The first-order chi connectivity index (χ1) is 41.0. The molecule has 0 aromatic rings. The van der Waals surface area contributed by atoms with Gasteiger partial charge < -0.3 is 14.2 Å². The molecule has 6 nitrogen and oxygen atoms in total. The molecule has 0 aromatic heterocycles. The van der Waals surface area contributed by atoms with Crippen molar-refractivity contribution in [3.63, 3.8) is 0 Å². The largest absolute Gasteiger partial charge is 0.462 e. The molecule has 0 heterocycles. The second-order valence-electron chi connectivity index (χ2n) is 23.0. The zero-order valence-electron chi connectivity index (χ0n) is 54.4. The third-order valence-corrected chi connectivity index (χ3v) is 14.9.